The molecule has 212 valence electrons. The van der Waals surface area contributed by atoms with Gasteiger partial charge < -0.3 is 0 Å². The number of hydrogen-bond acceptors (Lipinski definition) is 2. The van der Waals surface area contributed by atoms with Gasteiger partial charge in [-0.15, -0.1) is 0 Å². The van der Waals surface area contributed by atoms with Crippen molar-refractivity contribution in [2.75, 3.05) is 0 Å². The van der Waals surface area contributed by atoms with Crippen molar-refractivity contribution in [1.29, 1.82) is 0 Å². The van der Waals surface area contributed by atoms with Crippen molar-refractivity contribution in [3.63, 3.8) is 0 Å². The lowest BCUT2D eigenvalue weighted by Crippen LogP contribution is -2.15. The van der Waals surface area contributed by atoms with Crippen molar-refractivity contribution in [2.45, 2.75) is 9.10 Å². The molecular formula is C41H29ClS2. The summed E-state index contributed by atoms with van der Waals surface area (Å²) in [5.74, 6) is 0. The minimum absolute atomic E-state index is 0.729. The van der Waals surface area contributed by atoms with E-state index in [1.54, 1.807) is 23.5 Å². The molecule has 2 aliphatic heterocycles. The van der Waals surface area contributed by atoms with Gasteiger partial charge in [-0.25, -0.2) is 0 Å². The second kappa shape index (κ2) is 12.8. The van der Waals surface area contributed by atoms with Crippen LogP contribution in [0.1, 0.15) is 22.3 Å². The number of allylic oxidation sites excluding steroid dienone is 5. The number of rotatable bonds is 6. The average molecular weight is 621 g/mol. The molecule has 1 atom stereocenters. The first-order valence-corrected chi connectivity index (χ1v) is 16.6. The van der Waals surface area contributed by atoms with Gasteiger partial charge in [-0.05, 0) is 87.0 Å². The maximum Gasteiger partial charge on any atom is 0.132 e. The largest absolute Gasteiger partial charge is 0.132 e. The molecule has 0 spiro atoms. The van der Waals surface area contributed by atoms with Crippen molar-refractivity contribution >= 4 is 51.2 Å². The molecule has 0 bridgehead atoms. The number of halogens is 1. The van der Waals surface area contributed by atoms with Gasteiger partial charge in [0.1, 0.15) is 4.21 Å². The average Bonchev–Trinajstić information content (AvgIpc) is 3.09. The van der Waals surface area contributed by atoms with E-state index in [1.165, 1.54) is 48.1 Å². The Labute approximate surface area is 273 Å². The van der Waals surface area contributed by atoms with Crippen molar-refractivity contribution < 1.29 is 0 Å². The zero-order valence-electron chi connectivity index (χ0n) is 23.9. The molecule has 5 aromatic carbocycles. The SMILES string of the molecule is ClC1(C=CC=C2C=C(c3ccccc3)C=C(c3ccccc3)S2)C=C(c2ccccc2)c2cc(-c3ccccc3)ccc2S1. The topological polar surface area (TPSA) is 0 Å². The normalized spacial score (nSPS) is 18.8. The van der Waals surface area contributed by atoms with Crippen LogP contribution in [-0.4, -0.2) is 4.21 Å². The molecule has 0 nitrogen and oxygen atoms in total. The highest BCUT2D eigenvalue weighted by Crippen LogP contribution is 2.50. The van der Waals surface area contributed by atoms with Gasteiger partial charge in [0.15, 0.2) is 0 Å². The first-order chi connectivity index (χ1) is 21.6. The van der Waals surface area contributed by atoms with Gasteiger partial charge >= 0.3 is 0 Å². The molecule has 2 heterocycles. The van der Waals surface area contributed by atoms with E-state index in [0.717, 1.165) is 11.1 Å². The van der Waals surface area contributed by atoms with Crippen LogP contribution in [0.5, 0.6) is 0 Å². The third-order valence-electron chi connectivity index (χ3n) is 7.63. The lowest BCUT2D eigenvalue weighted by Gasteiger charge is -2.29. The van der Waals surface area contributed by atoms with Crippen LogP contribution in [0.2, 0.25) is 0 Å². The number of thioether (sulfide) groups is 2. The van der Waals surface area contributed by atoms with E-state index < -0.39 is 4.21 Å². The minimum atomic E-state index is -0.729. The van der Waals surface area contributed by atoms with Crippen molar-refractivity contribution in [3.05, 3.63) is 203 Å². The molecule has 0 fully saturated rings. The molecule has 0 N–H and O–H groups in total. The summed E-state index contributed by atoms with van der Waals surface area (Å²) in [6, 6.07) is 49.0. The smallest absolute Gasteiger partial charge is 0.0976 e. The third kappa shape index (κ3) is 6.34. The summed E-state index contributed by atoms with van der Waals surface area (Å²) in [6.07, 6.45) is 13.1. The Balaban J connectivity index is 1.24. The highest BCUT2D eigenvalue weighted by atomic mass is 35.5. The van der Waals surface area contributed by atoms with E-state index in [-0.39, 0.29) is 0 Å². The Kier molecular flexibility index (Phi) is 8.31. The molecule has 7 rings (SSSR count). The van der Waals surface area contributed by atoms with Gasteiger partial charge in [0.25, 0.3) is 0 Å². The van der Waals surface area contributed by atoms with Crippen molar-refractivity contribution in [1.82, 2.24) is 0 Å². The maximum absolute atomic E-state index is 7.41. The summed E-state index contributed by atoms with van der Waals surface area (Å²) in [5, 5.41) is 0. The van der Waals surface area contributed by atoms with E-state index in [0.29, 0.717) is 0 Å². The number of benzene rings is 5. The predicted molar refractivity (Wildman–Crippen MR) is 193 cm³/mol. The van der Waals surface area contributed by atoms with Gasteiger partial charge in [-0.1, -0.05) is 169 Å². The lowest BCUT2D eigenvalue weighted by molar-refractivity contribution is 1.23. The molecule has 44 heavy (non-hydrogen) atoms. The van der Waals surface area contributed by atoms with Crippen LogP contribution in [0.3, 0.4) is 0 Å². The molecule has 2 aliphatic rings. The maximum atomic E-state index is 7.41. The van der Waals surface area contributed by atoms with Gasteiger partial charge in [0.2, 0.25) is 0 Å². The zero-order valence-corrected chi connectivity index (χ0v) is 26.3. The third-order valence-corrected chi connectivity index (χ3v) is 10.3. The highest BCUT2D eigenvalue weighted by molar-refractivity contribution is 8.12. The van der Waals surface area contributed by atoms with Crippen LogP contribution >= 0.6 is 35.1 Å². The van der Waals surface area contributed by atoms with Crippen LogP contribution in [-0.2, 0) is 0 Å². The molecule has 0 aliphatic carbocycles. The molecule has 1 unspecified atom stereocenters. The molecule has 0 aromatic heterocycles. The highest BCUT2D eigenvalue weighted by Gasteiger charge is 2.31. The summed E-state index contributed by atoms with van der Waals surface area (Å²) in [5.41, 5.74) is 9.54. The molecule has 0 saturated carbocycles. The summed E-state index contributed by atoms with van der Waals surface area (Å²) in [6.45, 7) is 0. The molecule has 0 saturated heterocycles. The minimum Gasteiger partial charge on any atom is -0.0976 e. The molecule has 5 aromatic rings. The Morgan fingerprint density at radius 2 is 1.16 bits per heavy atom. The van der Waals surface area contributed by atoms with Gasteiger partial charge in [-0.2, -0.15) is 0 Å². The van der Waals surface area contributed by atoms with Crippen LogP contribution in [0.25, 0.3) is 27.2 Å². The quantitative estimate of drug-likeness (QED) is 0.173. The van der Waals surface area contributed by atoms with Gasteiger partial charge in [0.05, 0.1) is 0 Å². The van der Waals surface area contributed by atoms with Crippen LogP contribution in [0.15, 0.2) is 186 Å². The van der Waals surface area contributed by atoms with Gasteiger partial charge in [0, 0.05) is 14.7 Å². The van der Waals surface area contributed by atoms with E-state index in [4.69, 9.17) is 11.6 Å². The van der Waals surface area contributed by atoms with Crippen molar-refractivity contribution in [2.24, 2.45) is 0 Å². The molecule has 0 amide bonds. The van der Waals surface area contributed by atoms with E-state index >= 15 is 0 Å². The van der Waals surface area contributed by atoms with E-state index in [9.17, 15) is 0 Å². The van der Waals surface area contributed by atoms with E-state index in [1.807, 2.05) is 0 Å². The summed E-state index contributed by atoms with van der Waals surface area (Å²) >= 11 is 10.9. The first kappa shape index (κ1) is 28.6. The summed E-state index contributed by atoms with van der Waals surface area (Å²) in [4.78, 5) is 3.57. The van der Waals surface area contributed by atoms with E-state index in [2.05, 4.69) is 176 Å². The zero-order chi connectivity index (χ0) is 29.8. The fourth-order valence-corrected chi connectivity index (χ4v) is 8.00. The van der Waals surface area contributed by atoms with Gasteiger partial charge in [-0.3, -0.25) is 0 Å². The summed E-state index contributed by atoms with van der Waals surface area (Å²) in [7, 11) is 0. The lowest BCUT2D eigenvalue weighted by atomic mass is 9.93. The Bertz CT molecular complexity index is 1940. The molecular weight excluding hydrogens is 592 g/mol. The fraction of sp³-hybridized carbons (Fsp3) is 0.0244. The van der Waals surface area contributed by atoms with Crippen LogP contribution < -0.4 is 0 Å². The number of fused-ring (bicyclic) bond motifs is 1. The molecule has 0 radical (unpaired) electrons. The second-order valence-corrected chi connectivity index (χ2v) is 14.0. The first-order valence-electron chi connectivity index (χ1n) is 14.6. The van der Waals surface area contributed by atoms with Crippen LogP contribution in [0.4, 0.5) is 0 Å². The number of hydrogen-bond donors (Lipinski definition) is 0. The Morgan fingerprint density at radius 1 is 0.568 bits per heavy atom. The summed E-state index contributed by atoms with van der Waals surface area (Å²) < 4.78 is -0.729. The predicted octanol–water partition coefficient (Wildman–Crippen LogP) is 12.1. The Morgan fingerprint density at radius 3 is 1.82 bits per heavy atom. The second-order valence-electron chi connectivity index (χ2n) is 10.7. The number of alkyl halides is 1. The Hall–Kier alpha value is -4.21. The monoisotopic (exact) mass is 620 g/mol. The van der Waals surface area contributed by atoms with Crippen LogP contribution in [0, 0.1) is 0 Å². The molecule has 3 heteroatoms. The standard InChI is InChI=1S/C41H29ClS2/c42-41(25-13-22-36-26-35(31-16-7-2-8-17-31)28-40(43-36)33-20-11-4-12-21-33)29-38(32-18-9-3-10-19-32)37-27-34(23-24-39(37)44-41)30-14-5-1-6-15-30/h1-29H. The van der Waals surface area contributed by atoms with Crippen molar-refractivity contribution in [3.8, 4) is 11.1 Å². The fourth-order valence-electron chi connectivity index (χ4n) is 5.47.